The van der Waals surface area contributed by atoms with Crippen LogP contribution in [0.2, 0.25) is 0 Å². The average molecular weight is 186 g/mol. The van der Waals surface area contributed by atoms with Crippen LogP contribution in [-0.4, -0.2) is 11.7 Å². The molecule has 0 aliphatic carbocycles. The second-order valence-electron chi connectivity index (χ2n) is 2.64. The van der Waals surface area contributed by atoms with Crippen LogP contribution >= 0.6 is 0 Å². The molecule has 14 heavy (non-hydrogen) atoms. The van der Waals surface area contributed by atoms with Crippen molar-refractivity contribution < 1.29 is 0 Å². The molecule has 4 heteroatoms. The Morgan fingerprint density at radius 2 is 2.36 bits per heavy atom. The lowest BCUT2D eigenvalue weighted by Crippen LogP contribution is -2.08. The minimum Gasteiger partial charge on any atom is -0.312 e. The fraction of sp³-hybridized carbons (Fsp3) is 0.100. The number of aliphatic imine (C=N–C) groups is 1. The van der Waals surface area contributed by atoms with Crippen LogP contribution in [0.3, 0.4) is 0 Å². The van der Waals surface area contributed by atoms with Gasteiger partial charge in [0.25, 0.3) is 0 Å². The molecule has 0 saturated carbocycles. The highest BCUT2D eigenvalue weighted by Crippen LogP contribution is 2.27. The molecule has 1 unspecified atom stereocenters. The predicted octanol–water partition coefficient (Wildman–Crippen LogP) is 1.58. The topological polar surface area (TPSA) is 75.1 Å². The van der Waals surface area contributed by atoms with Gasteiger partial charge in [-0.15, -0.1) is 0 Å². The Hall–Kier alpha value is -1.99. The van der Waals surface area contributed by atoms with Crippen LogP contribution in [0.25, 0.3) is 6.08 Å². The maximum atomic E-state index is 8.68. The number of aromatic nitrogens is 1. The van der Waals surface area contributed by atoms with Gasteiger partial charge in [0, 0.05) is 23.5 Å². The lowest BCUT2D eigenvalue weighted by atomic mass is 10.1. The quantitative estimate of drug-likeness (QED) is 0.728. The molecule has 0 aliphatic rings. The summed E-state index contributed by atoms with van der Waals surface area (Å²) in [4.78, 5) is 7.76. The number of nitrogens with two attached hydrogens (primary N) is 1. The van der Waals surface area contributed by atoms with E-state index in [0.717, 1.165) is 5.56 Å². The molecule has 0 saturated heterocycles. The summed E-state index contributed by atoms with van der Waals surface area (Å²) in [6, 6.07) is 1.19. The van der Waals surface area contributed by atoms with Crippen LogP contribution in [0, 0.1) is 11.3 Å². The van der Waals surface area contributed by atoms with Gasteiger partial charge in [-0.05, 0) is 6.72 Å². The molecular formula is C10H10N4. The molecule has 1 rings (SSSR count). The molecule has 0 amide bonds. The van der Waals surface area contributed by atoms with Crippen LogP contribution in [0.4, 0.5) is 5.69 Å². The Bertz CT molecular complexity index is 403. The summed E-state index contributed by atoms with van der Waals surface area (Å²) in [5.74, 6) is 0. The van der Waals surface area contributed by atoms with E-state index in [1.807, 2.05) is 6.07 Å². The van der Waals surface area contributed by atoms with E-state index < -0.39 is 6.04 Å². The largest absolute Gasteiger partial charge is 0.312 e. The summed E-state index contributed by atoms with van der Waals surface area (Å²) in [6.07, 6.45) is 4.72. The van der Waals surface area contributed by atoms with Crippen molar-refractivity contribution >= 4 is 18.5 Å². The minimum absolute atomic E-state index is 0.569. The molecule has 0 bridgehead atoms. The first-order valence-electron chi connectivity index (χ1n) is 3.96. The van der Waals surface area contributed by atoms with E-state index in [2.05, 4.69) is 23.3 Å². The molecule has 4 nitrogen and oxygen atoms in total. The fourth-order valence-corrected chi connectivity index (χ4v) is 1.12. The molecule has 1 atom stereocenters. The first-order valence-corrected chi connectivity index (χ1v) is 3.96. The molecule has 0 spiro atoms. The summed E-state index contributed by atoms with van der Waals surface area (Å²) >= 11 is 0. The molecule has 1 aromatic rings. The zero-order valence-corrected chi connectivity index (χ0v) is 7.64. The van der Waals surface area contributed by atoms with E-state index in [1.54, 1.807) is 12.3 Å². The van der Waals surface area contributed by atoms with Crippen molar-refractivity contribution in [1.29, 1.82) is 5.26 Å². The van der Waals surface area contributed by atoms with Crippen molar-refractivity contribution in [3.8, 4) is 6.07 Å². The van der Waals surface area contributed by atoms with Gasteiger partial charge in [-0.25, -0.2) is 0 Å². The summed E-state index contributed by atoms with van der Waals surface area (Å²) in [7, 11) is 0. The molecule has 0 radical (unpaired) electrons. The highest BCUT2D eigenvalue weighted by Gasteiger charge is 2.11. The Kier molecular flexibility index (Phi) is 3.10. The van der Waals surface area contributed by atoms with Crippen LogP contribution in [0.15, 0.2) is 24.0 Å². The zero-order chi connectivity index (χ0) is 10.6. The third-order valence-electron chi connectivity index (χ3n) is 1.83. The molecule has 70 valence electrons. The van der Waals surface area contributed by atoms with Crippen molar-refractivity contribution in [2.24, 2.45) is 10.7 Å². The maximum Gasteiger partial charge on any atom is 0.122 e. The monoisotopic (exact) mass is 186 g/mol. The Labute approximate surface area is 82.4 Å². The Morgan fingerprint density at radius 3 is 2.86 bits per heavy atom. The molecule has 0 aromatic carbocycles. The van der Waals surface area contributed by atoms with E-state index in [9.17, 15) is 0 Å². The van der Waals surface area contributed by atoms with E-state index in [0.29, 0.717) is 11.3 Å². The predicted molar refractivity (Wildman–Crippen MR) is 56.1 cm³/mol. The van der Waals surface area contributed by atoms with Crippen LogP contribution in [-0.2, 0) is 0 Å². The number of nitrogens with zero attached hydrogens (tertiary/aromatic N) is 3. The number of pyridine rings is 1. The van der Waals surface area contributed by atoms with E-state index in [1.165, 1.54) is 6.20 Å². The third kappa shape index (κ3) is 1.68. The highest BCUT2D eigenvalue weighted by molar-refractivity contribution is 5.68. The van der Waals surface area contributed by atoms with Gasteiger partial charge in [-0.1, -0.05) is 12.7 Å². The van der Waals surface area contributed by atoms with Crippen molar-refractivity contribution in [1.82, 2.24) is 4.98 Å². The number of hydrogen-bond acceptors (Lipinski definition) is 4. The number of hydrogen-bond donors (Lipinski definition) is 1. The summed E-state index contributed by atoms with van der Waals surface area (Å²) in [5.41, 5.74) is 7.44. The highest BCUT2D eigenvalue weighted by atomic mass is 14.8. The molecule has 0 aliphatic heterocycles. The van der Waals surface area contributed by atoms with Gasteiger partial charge < -0.3 is 5.73 Å². The number of rotatable bonds is 3. The Morgan fingerprint density at radius 1 is 1.64 bits per heavy atom. The minimum atomic E-state index is -0.733. The van der Waals surface area contributed by atoms with Crippen molar-refractivity contribution in [2.75, 3.05) is 0 Å². The van der Waals surface area contributed by atoms with Gasteiger partial charge in [-0.2, -0.15) is 5.26 Å². The van der Waals surface area contributed by atoms with Crippen LogP contribution < -0.4 is 5.73 Å². The van der Waals surface area contributed by atoms with E-state index >= 15 is 0 Å². The lowest BCUT2D eigenvalue weighted by Gasteiger charge is -2.08. The SMILES string of the molecule is C=Cc1cncc(C(N)C#N)c1N=C. The van der Waals surface area contributed by atoms with E-state index in [4.69, 9.17) is 11.0 Å². The molecule has 1 heterocycles. The standard InChI is InChI=1S/C10H10N4/c1-3-7-5-14-6-8(9(12)4-11)10(7)13-2/h3,5-6,9H,1-2,12H2. The van der Waals surface area contributed by atoms with Gasteiger partial charge in [0.15, 0.2) is 0 Å². The van der Waals surface area contributed by atoms with Gasteiger partial charge in [0.2, 0.25) is 0 Å². The summed E-state index contributed by atoms with van der Waals surface area (Å²) in [5, 5.41) is 8.68. The second-order valence-corrected chi connectivity index (χ2v) is 2.64. The molecule has 2 N–H and O–H groups in total. The molecular weight excluding hydrogens is 176 g/mol. The zero-order valence-electron chi connectivity index (χ0n) is 7.64. The van der Waals surface area contributed by atoms with Crippen LogP contribution in [0.5, 0.6) is 0 Å². The fourth-order valence-electron chi connectivity index (χ4n) is 1.12. The normalized spacial score (nSPS) is 11.4. The summed E-state index contributed by atoms with van der Waals surface area (Å²) in [6.45, 7) is 7.04. The first kappa shape index (κ1) is 10.1. The molecule has 0 fully saturated rings. The van der Waals surface area contributed by atoms with Gasteiger partial charge >= 0.3 is 0 Å². The van der Waals surface area contributed by atoms with Crippen molar-refractivity contribution in [3.63, 3.8) is 0 Å². The van der Waals surface area contributed by atoms with Gasteiger partial charge in [0.05, 0.1) is 11.8 Å². The van der Waals surface area contributed by atoms with Crippen LogP contribution in [0.1, 0.15) is 17.2 Å². The second kappa shape index (κ2) is 4.30. The van der Waals surface area contributed by atoms with Gasteiger partial charge in [-0.3, -0.25) is 9.98 Å². The maximum absolute atomic E-state index is 8.68. The van der Waals surface area contributed by atoms with Crippen molar-refractivity contribution in [3.05, 3.63) is 30.1 Å². The third-order valence-corrected chi connectivity index (χ3v) is 1.83. The smallest absolute Gasteiger partial charge is 0.122 e. The van der Waals surface area contributed by atoms with Crippen molar-refractivity contribution in [2.45, 2.75) is 6.04 Å². The number of nitriles is 1. The summed E-state index contributed by atoms with van der Waals surface area (Å²) < 4.78 is 0. The lowest BCUT2D eigenvalue weighted by molar-refractivity contribution is 0.914. The first-order chi connectivity index (χ1) is 6.74. The van der Waals surface area contributed by atoms with Gasteiger partial charge in [0.1, 0.15) is 6.04 Å². The average Bonchev–Trinajstić information content (AvgIpc) is 2.26. The molecule has 1 aromatic heterocycles. The Balaban J connectivity index is 3.37. The van der Waals surface area contributed by atoms with E-state index in [-0.39, 0.29) is 0 Å².